The molecule has 124 valence electrons. The molecule has 1 aliphatic heterocycles. The minimum Gasteiger partial charge on any atom is -0.390 e. The van der Waals surface area contributed by atoms with Gasteiger partial charge in [0, 0.05) is 56.4 Å². The van der Waals surface area contributed by atoms with Gasteiger partial charge in [0.15, 0.2) is 0 Å². The van der Waals surface area contributed by atoms with E-state index in [4.69, 9.17) is 11.6 Å². The highest BCUT2D eigenvalue weighted by molar-refractivity contribution is 6.31. The Labute approximate surface area is 137 Å². The number of aliphatic hydroxyl groups is 1. The van der Waals surface area contributed by atoms with Gasteiger partial charge in [-0.05, 0) is 26.2 Å². The molecule has 0 amide bonds. The Balaban J connectivity index is 1.80. The van der Waals surface area contributed by atoms with Gasteiger partial charge in [-0.25, -0.2) is 4.39 Å². The molecule has 1 aromatic rings. The van der Waals surface area contributed by atoms with Crippen LogP contribution in [0.4, 0.5) is 4.39 Å². The molecule has 1 aromatic carbocycles. The molecule has 1 N–H and O–H groups in total. The van der Waals surface area contributed by atoms with Gasteiger partial charge in [0.2, 0.25) is 0 Å². The van der Waals surface area contributed by atoms with Gasteiger partial charge in [0.25, 0.3) is 0 Å². The highest BCUT2D eigenvalue weighted by Gasteiger charge is 2.18. The van der Waals surface area contributed by atoms with Gasteiger partial charge in [0.05, 0.1) is 6.10 Å². The Bertz CT molecular complexity index is 460. The van der Waals surface area contributed by atoms with Crippen LogP contribution >= 0.6 is 11.6 Å². The van der Waals surface area contributed by atoms with Crippen LogP contribution in [0.15, 0.2) is 18.2 Å². The molecule has 22 heavy (non-hydrogen) atoms. The number of β-amino-alcohol motifs (C(OH)–C–C–N with tert-alkyl or cyclic N) is 1. The summed E-state index contributed by atoms with van der Waals surface area (Å²) in [7, 11) is 3.98. The zero-order valence-corrected chi connectivity index (χ0v) is 14.1. The molecule has 0 aliphatic carbocycles. The molecule has 1 atom stereocenters. The number of rotatable bonds is 6. The Morgan fingerprint density at radius 2 is 2.00 bits per heavy atom. The Hall–Kier alpha value is -0.720. The van der Waals surface area contributed by atoms with Crippen LogP contribution in [0.1, 0.15) is 5.56 Å². The van der Waals surface area contributed by atoms with Crippen molar-refractivity contribution in [1.82, 2.24) is 14.7 Å². The first kappa shape index (κ1) is 17.6. The zero-order valence-electron chi connectivity index (χ0n) is 13.3. The van der Waals surface area contributed by atoms with Crippen molar-refractivity contribution in [2.45, 2.75) is 12.6 Å². The fourth-order valence-electron chi connectivity index (χ4n) is 2.76. The number of piperazine rings is 1. The molecule has 1 aliphatic rings. The molecule has 0 bridgehead atoms. The summed E-state index contributed by atoms with van der Waals surface area (Å²) in [5.41, 5.74) is 0.485. The number of likely N-dealkylation sites (N-methyl/N-ethyl adjacent to an activating group) is 2. The Kier molecular flexibility index (Phi) is 6.59. The number of halogens is 2. The quantitative estimate of drug-likeness (QED) is 0.857. The van der Waals surface area contributed by atoms with Crippen molar-refractivity contribution in [2.75, 3.05) is 53.4 Å². The van der Waals surface area contributed by atoms with E-state index in [1.807, 2.05) is 11.9 Å². The van der Waals surface area contributed by atoms with E-state index in [-0.39, 0.29) is 5.82 Å². The molecule has 4 nitrogen and oxygen atoms in total. The average Bonchev–Trinajstić information content (AvgIpc) is 2.45. The number of hydrogen-bond acceptors (Lipinski definition) is 4. The Morgan fingerprint density at radius 1 is 1.32 bits per heavy atom. The topological polar surface area (TPSA) is 30.0 Å². The minimum atomic E-state index is -0.445. The molecule has 1 saturated heterocycles. The average molecular weight is 330 g/mol. The van der Waals surface area contributed by atoms with Crippen LogP contribution in [0.3, 0.4) is 0 Å². The zero-order chi connectivity index (χ0) is 16.1. The van der Waals surface area contributed by atoms with E-state index in [2.05, 4.69) is 16.8 Å². The van der Waals surface area contributed by atoms with Crippen LogP contribution in [0, 0.1) is 5.82 Å². The van der Waals surface area contributed by atoms with Gasteiger partial charge in [0.1, 0.15) is 5.82 Å². The van der Waals surface area contributed by atoms with E-state index < -0.39 is 6.10 Å². The summed E-state index contributed by atoms with van der Waals surface area (Å²) < 4.78 is 13.8. The third kappa shape index (κ3) is 5.18. The van der Waals surface area contributed by atoms with Crippen molar-refractivity contribution >= 4 is 11.6 Å². The van der Waals surface area contributed by atoms with Crippen LogP contribution in [0.25, 0.3) is 0 Å². The second-order valence-electron chi connectivity index (χ2n) is 6.15. The van der Waals surface area contributed by atoms with E-state index in [0.29, 0.717) is 30.2 Å². The van der Waals surface area contributed by atoms with Crippen LogP contribution in [0.5, 0.6) is 0 Å². The molecule has 0 aromatic heterocycles. The molecule has 1 fully saturated rings. The third-order valence-corrected chi connectivity index (χ3v) is 4.43. The number of aliphatic hydroxyl groups excluding tert-OH is 1. The lowest BCUT2D eigenvalue weighted by molar-refractivity contribution is 0.0592. The second-order valence-corrected chi connectivity index (χ2v) is 6.56. The first-order valence-electron chi connectivity index (χ1n) is 7.66. The molecular weight excluding hydrogens is 305 g/mol. The van der Waals surface area contributed by atoms with E-state index in [1.165, 1.54) is 6.07 Å². The summed E-state index contributed by atoms with van der Waals surface area (Å²) in [6, 6.07) is 4.70. The maximum atomic E-state index is 13.8. The van der Waals surface area contributed by atoms with Crippen molar-refractivity contribution in [3.05, 3.63) is 34.6 Å². The van der Waals surface area contributed by atoms with Gasteiger partial charge in [-0.3, -0.25) is 9.80 Å². The van der Waals surface area contributed by atoms with Crippen molar-refractivity contribution < 1.29 is 9.50 Å². The van der Waals surface area contributed by atoms with Gasteiger partial charge < -0.3 is 10.0 Å². The summed E-state index contributed by atoms with van der Waals surface area (Å²) in [5.74, 6) is -0.298. The first-order valence-corrected chi connectivity index (χ1v) is 8.04. The maximum Gasteiger partial charge on any atom is 0.129 e. The van der Waals surface area contributed by atoms with Crippen LogP contribution < -0.4 is 0 Å². The van der Waals surface area contributed by atoms with Gasteiger partial charge >= 0.3 is 0 Å². The van der Waals surface area contributed by atoms with Crippen molar-refractivity contribution in [3.8, 4) is 0 Å². The van der Waals surface area contributed by atoms with Gasteiger partial charge in [-0.1, -0.05) is 17.7 Å². The SMILES string of the molecule is CN1CCN(CC(O)CN(C)Cc2c(F)cccc2Cl)CC1. The monoisotopic (exact) mass is 329 g/mol. The third-order valence-electron chi connectivity index (χ3n) is 4.08. The number of hydrogen-bond donors (Lipinski definition) is 1. The summed E-state index contributed by atoms with van der Waals surface area (Å²) >= 11 is 6.04. The summed E-state index contributed by atoms with van der Waals surface area (Å²) in [5, 5.41) is 10.7. The largest absolute Gasteiger partial charge is 0.390 e. The predicted molar refractivity (Wildman–Crippen MR) is 87.7 cm³/mol. The van der Waals surface area contributed by atoms with E-state index in [9.17, 15) is 9.50 Å². The summed E-state index contributed by atoms with van der Waals surface area (Å²) in [6.45, 7) is 5.58. The molecule has 0 saturated carbocycles. The molecule has 6 heteroatoms. The maximum absolute atomic E-state index is 13.8. The summed E-state index contributed by atoms with van der Waals surface area (Å²) in [6.07, 6.45) is -0.445. The van der Waals surface area contributed by atoms with Crippen LogP contribution in [-0.4, -0.2) is 79.3 Å². The standard InChI is InChI=1S/C16H25ClFN3O/c1-19-6-8-21(9-7-19)11-13(22)10-20(2)12-14-15(17)4-3-5-16(14)18/h3-5,13,22H,6-12H2,1-2H3. The highest BCUT2D eigenvalue weighted by atomic mass is 35.5. The smallest absolute Gasteiger partial charge is 0.129 e. The highest BCUT2D eigenvalue weighted by Crippen LogP contribution is 2.20. The van der Waals surface area contributed by atoms with Crippen molar-refractivity contribution in [2.24, 2.45) is 0 Å². The molecule has 0 radical (unpaired) electrons. The molecule has 1 unspecified atom stereocenters. The van der Waals surface area contributed by atoms with Gasteiger partial charge in [-0.15, -0.1) is 0 Å². The molecule has 1 heterocycles. The minimum absolute atomic E-state index is 0.298. The van der Waals surface area contributed by atoms with E-state index in [0.717, 1.165) is 26.2 Å². The van der Waals surface area contributed by atoms with Crippen molar-refractivity contribution in [1.29, 1.82) is 0 Å². The lowest BCUT2D eigenvalue weighted by Gasteiger charge is -2.34. The molecular formula is C16H25ClFN3O. The Morgan fingerprint density at radius 3 is 2.64 bits per heavy atom. The van der Waals surface area contributed by atoms with Crippen molar-refractivity contribution in [3.63, 3.8) is 0 Å². The fourth-order valence-corrected chi connectivity index (χ4v) is 2.99. The van der Waals surface area contributed by atoms with Crippen LogP contribution in [0.2, 0.25) is 5.02 Å². The second kappa shape index (κ2) is 8.22. The normalized spacial score (nSPS) is 18.8. The lowest BCUT2D eigenvalue weighted by atomic mass is 10.2. The lowest BCUT2D eigenvalue weighted by Crippen LogP contribution is -2.48. The molecule has 0 spiro atoms. The van der Waals surface area contributed by atoms with Gasteiger partial charge in [-0.2, -0.15) is 0 Å². The van der Waals surface area contributed by atoms with E-state index >= 15 is 0 Å². The van der Waals surface area contributed by atoms with E-state index in [1.54, 1.807) is 12.1 Å². The number of benzene rings is 1. The molecule has 2 rings (SSSR count). The summed E-state index contributed by atoms with van der Waals surface area (Å²) in [4.78, 5) is 6.47. The predicted octanol–water partition coefficient (Wildman–Crippen LogP) is 1.52. The van der Waals surface area contributed by atoms with Crippen LogP contribution in [-0.2, 0) is 6.54 Å². The fraction of sp³-hybridized carbons (Fsp3) is 0.625. The number of nitrogens with zero attached hydrogens (tertiary/aromatic N) is 3. The first-order chi connectivity index (χ1) is 10.5.